The average molecular weight is 493 g/mol. The van der Waals surface area contributed by atoms with Crippen molar-refractivity contribution in [2.75, 3.05) is 7.11 Å². The number of methoxy groups -OCH3 is 1. The average Bonchev–Trinajstić information content (AvgIpc) is 3.60. The highest BCUT2D eigenvalue weighted by molar-refractivity contribution is 7.28. The van der Waals surface area contributed by atoms with Crippen LogP contribution in [0.25, 0.3) is 62.6 Å². The molecule has 3 aromatic heterocycles. The zero-order valence-electron chi connectivity index (χ0n) is 18.7. The first-order valence-corrected chi connectivity index (χ1v) is 13.8. The maximum atomic E-state index is 5.38. The largest absolute Gasteiger partial charge is 0.497 e. The molecule has 1 nitrogen and oxygen atoms in total. The van der Waals surface area contributed by atoms with Crippen molar-refractivity contribution in [2.24, 2.45) is 0 Å². The van der Waals surface area contributed by atoms with E-state index in [1.165, 1.54) is 68.2 Å². The Morgan fingerprint density at radius 1 is 0.618 bits per heavy atom. The van der Waals surface area contributed by atoms with Gasteiger partial charge in [-0.15, -0.1) is 34.0 Å². The highest BCUT2D eigenvalue weighted by atomic mass is 32.1. The molecule has 0 radical (unpaired) electrons. The number of benzene rings is 4. The zero-order chi connectivity index (χ0) is 22.8. The van der Waals surface area contributed by atoms with Gasteiger partial charge in [0.15, 0.2) is 0 Å². The quantitative estimate of drug-likeness (QED) is 0.238. The van der Waals surface area contributed by atoms with Crippen LogP contribution in [-0.4, -0.2) is 7.11 Å². The van der Waals surface area contributed by atoms with E-state index in [2.05, 4.69) is 78.3 Å². The maximum Gasteiger partial charge on any atom is 0.118 e. The highest BCUT2D eigenvalue weighted by Crippen LogP contribution is 2.49. The van der Waals surface area contributed by atoms with Gasteiger partial charge in [0.2, 0.25) is 0 Å². The van der Waals surface area contributed by atoms with Gasteiger partial charge in [-0.25, -0.2) is 0 Å². The standard InChI is InChI=1S/C30H20OS3/c1-17-3-5-18(6-4-17)23-15-25-27(29-21(23)11-13-32-29)28-26(34-25)16-24(22-12-14-33-30(22)28)19-7-9-20(31-2)10-8-19/h3-16H,1-2H3. The molecule has 164 valence electrons. The zero-order valence-corrected chi connectivity index (χ0v) is 21.2. The van der Waals surface area contributed by atoms with Crippen LogP contribution in [0.15, 0.2) is 83.6 Å². The number of ether oxygens (including phenoxy) is 1. The summed E-state index contributed by atoms with van der Waals surface area (Å²) >= 11 is 5.63. The first kappa shape index (κ1) is 20.2. The molecule has 0 unspecified atom stereocenters. The number of aryl methyl sites for hydroxylation is 1. The SMILES string of the molecule is COc1ccc(-c2cc3sc4cc(-c5ccc(C)cc5)c5ccsc5c4c3c3sccc23)cc1. The molecular formula is C30H20OS3. The van der Waals surface area contributed by atoms with Gasteiger partial charge in [0.25, 0.3) is 0 Å². The maximum absolute atomic E-state index is 5.38. The summed E-state index contributed by atoms with van der Waals surface area (Å²) in [5.74, 6) is 0.886. The Morgan fingerprint density at radius 3 is 1.62 bits per heavy atom. The van der Waals surface area contributed by atoms with Gasteiger partial charge in [0.05, 0.1) is 7.11 Å². The Kier molecular flexibility index (Phi) is 4.56. The number of thiophene rings is 3. The Morgan fingerprint density at radius 2 is 1.12 bits per heavy atom. The van der Waals surface area contributed by atoms with E-state index in [1.54, 1.807) is 7.11 Å². The monoisotopic (exact) mass is 492 g/mol. The number of rotatable bonds is 3. The topological polar surface area (TPSA) is 9.23 Å². The van der Waals surface area contributed by atoms with Crippen LogP contribution < -0.4 is 4.74 Å². The van der Waals surface area contributed by atoms with Gasteiger partial charge in [-0.05, 0) is 76.3 Å². The predicted molar refractivity (Wildman–Crippen MR) is 152 cm³/mol. The van der Waals surface area contributed by atoms with E-state index >= 15 is 0 Å². The number of fused-ring (bicyclic) bond motifs is 7. The highest BCUT2D eigenvalue weighted by Gasteiger charge is 2.19. The van der Waals surface area contributed by atoms with Crippen LogP contribution in [0.3, 0.4) is 0 Å². The van der Waals surface area contributed by atoms with Crippen LogP contribution in [0.4, 0.5) is 0 Å². The summed E-state index contributed by atoms with van der Waals surface area (Å²) in [4.78, 5) is 0. The lowest BCUT2D eigenvalue weighted by Crippen LogP contribution is -1.83. The van der Waals surface area contributed by atoms with E-state index < -0.39 is 0 Å². The lowest BCUT2D eigenvalue weighted by Gasteiger charge is -2.08. The van der Waals surface area contributed by atoms with Gasteiger partial charge in [0, 0.05) is 40.3 Å². The predicted octanol–water partition coefficient (Wildman–Crippen LogP) is 10.1. The van der Waals surface area contributed by atoms with Gasteiger partial charge >= 0.3 is 0 Å². The van der Waals surface area contributed by atoms with Crippen molar-refractivity contribution in [3.05, 3.63) is 89.1 Å². The Balaban J connectivity index is 1.56. The molecule has 4 aromatic carbocycles. The summed E-state index contributed by atoms with van der Waals surface area (Å²) in [5, 5.41) is 9.97. The molecule has 0 N–H and O–H groups in total. The van der Waals surface area contributed by atoms with E-state index in [0.29, 0.717) is 0 Å². The van der Waals surface area contributed by atoms with Crippen LogP contribution in [0.5, 0.6) is 5.75 Å². The molecule has 0 fully saturated rings. The second kappa shape index (κ2) is 7.67. The molecule has 34 heavy (non-hydrogen) atoms. The van der Waals surface area contributed by atoms with Gasteiger partial charge in [-0.3, -0.25) is 0 Å². The summed E-state index contributed by atoms with van der Waals surface area (Å²) in [6.07, 6.45) is 0. The summed E-state index contributed by atoms with van der Waals surface area (Å²) < 4.78 is 10.9. The normalized spacial score (nSPS) is 11.8. The molecular weight excluding hydrogens is 473 g/mol. The van der Waals surface area contributed by atoms with Crippen molar-refractivity contribution < 1.29 is 4.74 Å². The van der Waals surface area contributed by atoms with E-state index in [0.717, 1.165) is 5.75 Å². The smallest absolute Gasteiger partial charge is 0.118 e. The molecule has 7 aromatic rings. The van der Waals surface area contributed by atoms with E-state index in [4.69, 9.17) is 4.74 Å². The van der Waals surface area contributed by atoms with Crippen LogP contribution in [0, 0.1) is 6.92 Å². The lowest BCUT2D eigenvalue weighted by molar-refractivity contribution is 0.415. The third-order valence-corrected chi connectivity index (χ3v) is 9.59. The minimum absolute atomic E-state index is 0.886. The fourth-order valence-corrected chi connectivity index (χ4v) is 8.23. The number of hydrogen-bond acceptors (Lipinski definition) is 4. The van der Waals surface area contributed by atoms with Crippen molar-refractivity contribution in [1.29, 1.82) is 0 Å². The molecule has 3 heterocycles. The fourth-order valence-electron chi connectivity index (χ4n) is 4.95. The Bertz CT molecular complexity index is 1830. The van der Waals surface area contributed by atoms with Crippen LogP contribution in [0.1, 0.15) is 5.56 Å². The molecule has 0 spiro atoms. The van der Waals surface area contributed by atoms with Crippen LogP contribution >= 0.6 is 34.0 Å². The fraction of sp³-hybridized carbons (Fsp3) is 0.0667. The first-order chi connectivity index (χ1) is 16.7. The van der Waals surface area contributed by atoms with Crippen molar-refractivity contribution in [2.45, 2.75) is 6.92 Å². The van der Waals surface area contributed by atoms with Crippen molar-refractivity contribution >= 4 is 74.4 Å². The molecule has 0 aliphatic rings. The molecule has 0 saturated heterocycles. The third-order valence-electron chi connectivity index (χ3n) is 6.64. The van der Waals surface area contributed by atoms with Gasteiger partial charge in [-0.1, -0.05) is 42.0 Å². The molecule has 0 amide bonds. The summed E-state index contributed by atoms with van der Waals surface area (Å²) in [6, 6.07) is 26.7. The van der Waals surface area contributed by atoms with Crippen molar-refractivity contribution in [3.8, 4) is 28.0 Å². The van der Waals surface area contributed by atoms with Gasteiger partial charge in [-0.2, -0.15) is 0 Å². The van der Waals surface area contributed by atoms with E-state index in [1.807, 2.05) is 46.1 Å². The summed E-state index contributed by atoms with van der Waals surface area (Å²) in [6.45, 7) is 2.14. The molecule has 7 rings (SSSR count). The van der Waals surface area contributed by atoms with Crippen molar-refractivity contribution in [3.63, 3.8) is 0 Å². The molecule has 4 heteroatoms. The number of hydrogen-bond donors (Lipinski definition) is 0. The van der Waals surface area contributed by atoms with Crippen LogP contribution in [-0.2, 0) is 0 Å². The molecule has 0 aliphatic heterocycles. The van der Waals surface area contributed by atoms with Crippen LogP contribution in [0.2, 0.25) is 0 Å². The lowest BCUT2D eigenvalue weighted by atomic mass is 9.97. The summed E-state index contributed by atoms with van der Waals surface area (Å²) in [5.41, 5.74) is 6.42. The molecule has 0 saturated carbocycles. The molecule has 0 aliphatic carbocycles. The second-order valence-electron chi connectivity index (χ2n) is 8.62. The minimum atomic E-state index is 0.886. The molecule has 0 atom stereocenters. The molecule has 0 bridgehead atoms. The van der Waals surface area contributed by atoms with Crippen molar-refractivity contribution in [1.82, 2.24) is 0 Å². The Hall–Kier alpha value is -3.18. The third kappa shape index (κ3) is 2.96. The van der Waals surface area contributed by atoms with Gasteiger partial charge < -0.3 is 4.74 Å². The minimum Gasteiger partial charge on any atom is -0.497 e. The Labute approximate surface area is 209 Å². The second-order valence-corrected chi connectivity index (χ2v) is 11.5. The van der Waals surface area contributed by atoms with Gasteiger partial charge in [0.1, 0.15) is 5.75 Å². The van der Waals surface area contributed by atoms with E-state index in [-0.39, 0.29) is 0 Å². The first-order valence-electron chi connectivity index (χ1n) is 11.2. The summed E-state index contributed by atoms with van der Waals surface area (Å²) in [7, 11) is 1.71. The van der Waals surface area contributed by atoms with E-state index in [9.17, 15) is 0 Å².